The fourth-order valence-corrected chi connectivity index (χ4v) is 4.33. The van der Waals surface area contributed by atoms with E-state index in [4.69, 9.17) is 9.84 Å². The van der Waals surface area contributed by atoms with Crippen molar-refractivity contribution in [2.75, 3.05) is 37.8 Å². The molecule has 0 radical (unpaired) electrons. The van der Waals surface area contributed by atoms with Crippen molar-refractivity contribution < 1.29 is 19.4 Å². The number of rotatable bonds is 6. The Kier molecular flexibility index (Phi) is 6.61. The molecule has 1 aliphatic rings. The number of aliphatic hydroxyl groups excluding tert-OH is 1. The summed E-state index contributed by atoms with van der Waals surface area (Å²) in [6.45, 7) is 1.98. The van der Waals surface area contributed by atoms with Gasteiger partial charge in [0.05, 0.1) is 19.8 Å². The molecule has 2 amide bonds. The molecule has 0 atom stereocenters. The Morgan fingerprint density at radius 2 is 1.63 bits per heavy atom. The highest BCUT2D eigenvalue weighted by Gasteiger charge is 2.24. The van der Waals surface area contributed by atoms with Gasteiger partial charge in [0.25, 0.3) is 0 Å². The van der Waals surface area contributed by atoms with E-state index < -0.39 is 6.61 Å². The summed E-state index contributed by atoms with van der Waals surface area (Å²) < 4.78 is 5.42. The molecule has 0 unspecified atom stereocenters. The van der Waals surface area contributed by atoms with E-state index in [2.05, 4.69) is 23.2 Å². The van der Waals surface area contributed by atoms with Gasteiger partial charge in [0.2, 0.25) is 0 Å². The normalized spacial score (nSPS) is 13.7. The Morgan fingerprint density at radius 3 is 2.34 bits per heavy atom. The number of aliphatic hydroxyl groups is 1. The predicted molar refractivity (Wildman–Crippen MR) is 136 cm³/mol. The van der Waals surface area contributed by atoms with E-state index in [1.165, 1.54) is 5.39 Å². The summed E-state index contributed by atoms with van der Waals surface area (Å²) in [5.74, 6) is -0.328. The first-order valence-electron chi connectivity index (χ1n) is 11.7. The van der Waals surface area contributed by atoms with Crippen LogP contribution in [0, 0.1) is 0 Å². The van der Waals surface area contributed by atoms with E-state index in [0.717, 1.165) is 27.9 Å². The topological polar surface area (TPSA) is 85.9 Å². The predicted octanol–water partition coefficient (Wildman–Crippen LogP) is 4.47. The minimum absolute atomic E-state index is 0.0793. The lowest BCUT2D eigenvalue weighted by Gasteiger charge is -2.33. The fourth-order valence-electron chi connectivity index (χ4n) is 4.33. The number of aromatic amines is 1. The van der Waals surface area contributed by atoms with E-state index in [9.17, 15) is 9.59 Å². The van der Waals surface area contributed by atoms with E-state index in [1.807, 2.05) is 48.7 Å². The third kappa shape index (κ3) is 4.96. The molecule has 2 N–H and O–H groups in total. The minimum Gasteiger partial charge on any atom is -0.388 e. The van der Waals surface area contributed by atoms with Gasteiger partial charge in [-0.15, -0.1) is 0 Å². The van der Waals surface area contributed by atoms with Crippen molar-refractivity contribution in [1.29, 1.82) is 0 Å². The Morgan fingerprint density at radius 1 is 0.914 bits per heavy atom. The van der Waals surface area contributed by atoms with Crippen LogP contribution in [0.5, 0.6) is 0 Å². The minimum atomic E-state index is -0.524. The number of aromatic nitrogens is 1. The Labute approximate surface area is 203 Å². The molecule has 1 aromatic heterocycles. The van der Waals surface area contributed by atoms with Crippen LogP contribution in [0.15, 0.2) is 79.0 Å². The molecule has 4 aromatic rings. The molecule has 7 nitrogen and oxygen atoms in total. The largest absolute Gasteiger partial charge is 0.388 e. The van der Waals surface area contributed by atoms with E-state index in [1.54, 1.807) is 21.9 Å². The molecular weight excluding hydrogens is 442 g/mol. The molecule has 0 bridgehead atoms. The monoisotopic (exact) mass is 469 g/mol. The van der Waals surface area contributed by atoms with Crippen molar-refractivity contribution in [3.05, 3.63) is 90.1 Å². The average molecular weight is 470 g/mol. The summed E-state index contributed by atoms with van der Waals surface area (Å²) in [4.78, 5) is 32.1. The number of carbonyl (C=O) groups excluding carboxylic acids is 2. The summed E-state index contributed by atoms with van der Waals surface area (Å²) in [5.41, 5.74) is 5.38. The SMILES string of the molecule is O=C(CO)c1ccc(CN(C(=O)N2CCOCC2)c2ccc(-c3ccc4cc[nH]c4c3)cc2)cc1. The second-order valence-corrected chi connectivity index (χ2v) is 8.57. The molecular formula is C28H27N3O4. The number of hydrogen-bond acceptors (Lipinski definition) is 4. The highest BCUT2D eigenvalue weighted by atomic mass is 16.5. The highest BCUT2D eigenvalue weighted by Crippen LogP contribution is 2.27. The number of benzene rings is 3. The van der Waals surface area contributed by atoms with Crippen LogP contribution in [0.1, 0.15) is 15.9 Å². The second-order valence-electron chi connectivity index (χ2n) is 8.57. The van der Waals surface area contributed by atoms with Gasteiger partial charge in [-0.3, -0.25) is 9.69 Å². The summed E-state index contributed by atoms with van der Waals surface area (Å²) in [6, 6.07) is 23.3. The van der Waals surface area contributed by atoms with Crippen LogP contribution in [-0.2, 0) is 11.3 Å². The number of amides is 2. The number of ketones is 1. The summed E-state index contributed by atoms with van der Waals surface area (Å²) >= 11 is 0. The summed E-state index contributed by atoms with van der Waals surface area (Å²) in [5, 5.41) is 10.3. The lowest BCUT2D eigenvalue weighted by molar-refractivity contribution is 0.0548. The van der Waals surface area contributed by atoms with Gasteiger partial charge in [-0.2, -0.15) is 0 Å². The number of H-pyrrole nitrogens is 1. The number of morpholine rings is 1. The van der Waals surface area contributed by atoms with Gasteiger partial charge in [0.1, 0.15) is 6.61 Å². The third-order valence-electron chi connectivity index (χ3n) is 6.34. The zero-order valence-corrected chi connectivity index (χ0v) is 19.3. The van der Waals surface area contributed by atoms with Crippen LogP contribution in [0.4, 0.5) is 10.5 Å². The first-order valence-corrected chi connectivity index (χ1v) is 11.7. The lowest BCUT2D eigenvalue weighted by atomic mass is 10.0. The van der Waals surface area contributed by atoms with Gasteiger partial charge < -0.3 is 19.7 Å². The average Bonchev–Trinajstić information content (AvgIpc) is 3.40. The Bertz CT molecular complexity index is 1320. The van der Waals surface area contributed by atoms with E-state index in [0.29, 0.717) is 38.4 Å². The number of urea groups is 1. The van der Waals surface area contributed by atoms with Gasteiger partial charge in [0.15, 0.2) is 5.78 Å². The van der Waals surface area contributed by atoms with Gasteiger partial charge in [-0.25, -0.2) is 4.79 Å². The number of carbonyl (C=O) groups is 2. The van der Waals surface area contributed by atoms with Crippen molar-refractivity contribution >= 4 is 28.4 Å². The van der Waals surface area contributed by atoms with Crippen LogP contribution in [0.3, 0.4) is 0 Å². The maximum atomic E-state index is 13.5. The molecule has 3 aromatic carbocycles. The van der Waals surface area contributed by atoms with Crippen molar-refractivity contribution in [3.63, 3.8) is 0 Å². The van der Waals surface area contributed by atoms with Gasteiger partial charge in [-0.05, 0) is 46.3 Å². The number of ether oxygens (including phenoxy) is 1. The van der Waals surface area contributed by atoms with Crippen LogP contribution in [0.25, 0.3) is 22.0 Å². The van der Waals surface area contributed by atoms with Crippen LogP contribution in [0.2, 0.25) is 0 Å². The Balaban J connectivity index is 1.42. The molecule has 1 fully saturated rings. The van der Waals surface area contributed by atoms with Crippen molar-refractivity contribution in [3.8, 4) is 11.1 Å². The van der Waals surface area contributed by atoms with Crippen molar-refractivity contribution in [2.24, 2.45) is 0 Å². The number of anilines is 1. The standard InChI is InChI=1S/C28H27N3O4/c32-19-27(33)23-3-1-20(2-4-23)18-31(28(34)30-13-15-35-16-14-30)25-9-7-21(8-10-25)24-6-5-22-11-12-29-26(22)17-24/h1-12,17,29,32H,13-16,18-19H2. The summed E-state index contributed by atoms with van der Waals surface area (Å²) in [7, 11) is 0. The number of nitrogens with zero attached hydrogens (tertiary/aromatic N) is 2. The van der Waals surface area contributed by atoms with E-state index >= 15 is 0 Å². The maximum absolute atomic E-state index is 13.5. The van der Waals surface area contributed by atoms with E-state index in [-0.39, 0.29) is 11.8 Å². The molecule has 35 heavy (non-hydrogen) atoms. The first-order chi connectivity index (χ1) is 17.1. The molecule has 0 saturated carbocycles. The van der Waals surface area contributed by atoms with Crippen LogP contribution >= 0.6 is 0 Å². The third-order valence-corrected chi connectivity index (χ3v) is 6.34. The summed E-state index contributed by atoms with van der Waals surface area (Å²) in [6.07, 6.45) is 1.93. The lowest BCUT2D eigenvalue weighted by Crippen LogP contribution is -2.48. The molecule has 5 rings (SSSR count). The molecule has 178 valence electrons. The van der Waals surface area contributed by atoms with Gasteiger partial charge >= 0.3 is 6.03 Å². The zero-order valence-electron chi connectivity index (χ0n) is 19.3. The van der Waals surface area contributed by atoms with Crippen molar-refractivity contribution in [2.45, 2.75) is 6.54 Å². The molecule has 7 heteroatoms. The number of hydrogen-bond donors (Lipinski definition) is 2. The smallest absolute Gasteiger partial charge is 0.324 e. The first kappa shape index (κ1) is 22.8. The van der Waals surface area contributed by atoms with Crippen molar-refractivity contribution in [1.82, 2.24) is 9.88 Å². The van der Waals surface area contributed by atoms with Gasteiger partial charge in [-0.1, -0.05) is 48.5 Å². The zero-order chi connectivity index (χ0) is 24.2. The van der Waals surface area contributed by atoms with Gasteiger partial charge in [0, 0.05) is 36.1 Å². The van der Waals surface area contributed by atoms with Crippen LogP contribution in [-0.4, -0.2) is 59.7 Å². The molecule has 0 aliphatic carbocycles. The van der Waals surface area contributed by atoms with Crippen LogP contribution < -0.4 is 4.90 Å². The number of fused-ring (bicyclic) bond motifs is 1. The molecule has 2 heterocycles. The Hall–Kier alpha value is -3.94. The highest BCUT2D eigenvalue weighted by molar-refractivity contribution is 5.97. The fraction of sp³-hybridized carbons (Fsp3) is 0.214. The number of nitrogens with one attached hydrogen (secondary N) is 1. The quantitative estimate of drug-likeness (QED) is 0.408. The maximum Gasteiger partial charge on any atom is 0.324 e. The molecule has 1 aliphatic heterocycles. The number of Topliss-reactive ketones (excluding diaryl/α,β-unsaturated/α-hetero) is 1. The molecule has 0 spiro atoms. The molecule has 1 saturated heterocycles. The second kappa shape index (κ2) is 10.1.